The zero-order valence-electron chi connectivity index (χ0n) is 17.8. The molecule has 158 valence electrons. The van der Waals surface area contributed by atoms with Crippen molar-refractivity contribution in [3.63, 3.8) is 0 Å². The lowest BCUT2D eigenvalue weighted by Crippen LogP contribution is -2.49. The number of hydrogen-bond acceptors (Lipinski definition) is 5. The molecule has 2 heterocycles. The quantitative estimate of drug-likeness (QED) is 0.649. The molecule has 6 heteroatoms. The molecule has 6 nitrogen and oxygen atoms in total. The van der Waals surface area contributed by atoms with Gasteiger partial charge in [0.05, 0.1) is 13.4 Å². The Labute approximate surface area is 174 Å². The van der Waals surface area contributed by atoms with Crippen LogP contribution in [0.2, 0.25) is 0 Å². The van der Waals surface area contributed by atoms with E-state index in [4.69, 9.17) is 9.15 Å². The largest absolute Gasteiger partial charge is 0.497 e. The summed E-state index contributed by atoms with van der Waals surface area (Å²) < 4.78 is 10.6. The first kappa shape index (κ1) is 21.4. The highest BCUT2D eigenvalue weighted by Crippen LogP contribution is 2.20. The molecule has 1 aromatic carbocycles. The van der Waals surface area contributed by atoms with Crippen LogP contribution in [0.5, 0.6) is 5.75 Å². The van der Waals surface area contributed by atoms with Crippen molar-refractivity contribution in [1.82, 2.24) is 14.7 Å². The van der Waals surface area contributed by atoms with Crippen molar-refractivity contribution in [1.29, 1.82) is 0 Å². The van der Waals surface area contributed by atoms with E-state index in [1.807, 2.05) is 31.1 Å². The van der Waals surface area contributed by atoms with Crippen molar-refractivity contribution >= 4 is 5.91 Å². The maximum Gasteiger partial charge on any atom is 0.289 e. The zero-order valence-corrected chi connectivity index (χ0v) is 17.8. The second-order valence-corrected chi connectivity index (χ2v) is 7.95. The monoisotopic (exact) mass is 399 g/mol. The molecule has 1 saturated heterocycles. The third-order valence-electron chi connectivity index (χ3n) is 5.65. The summed E-state index contributed by atoms with van der Waals surface area (Å²) >= 11 is 0. The van der Waals surface area contributed by atoms with Gasteiger partial charge in [0.25, 0.3) is 5.91 Å². The van der Waals surface area contributed by atoms with Crippen molar-refractivity contribution < 1.29 is 13.9 Å². The van der Waals surface area contributed by atoms with E-state index in [1.165, 1.54) is 5.56 Å². The molecule has 0 N–H and O–H groups in total. The van der Waals surface area contributed by atoms with Gasteiger partial charge in [-0.2, -0.15) is 0 Å². The topological polar surface area (TPSA) is 49.2 Å². The van der Waals surface area contributed by atoms with Crippen LogP contribution in [-0.2, 0) is 6.42 Å². The maximum atomic E-state index is 13.0. The molecule has 29 heavy (non-hydrogen) atoms. The summed E-state index contributed by atoms with van der Waals surface area (Å²) in [6, 6.07) is 12.1. The number of benzene rings is 1. The third-order valence-corrected chi connectivity index (χ3v) is 5.65. The number of furan rings is 1. The minimum Gasteiger partial charge on any atom is -0.497 e. The fourth-order valence-corrected chi connectivity index (χ4v) is 3.83. The highest BCUT2D eigenvalue weighted by Gasteiger charge is 2.29. The molecular formula is C23H33N3O3. The van der Waals surface area contributed by atoms with E-state index < -0.39 is 0 Å². The van der Waals surface area contributed by atoms with Gasteiger partial charge >= 0.3 is 0 Å². The molecule has 0 spiro atoms. The number of carbonyl (C=O) groups is 1. The van der Waals surface area contributed by atoms with E-state index >= 15 is 0 Å². The standard InChI is InChI=1S/C23H33N3O3/c1-24(2)16-17-26(23(27)22-5-4-18-29-22)20-11-14-25(15-12-20)13-10-19-6-8-21(28-3)9-7-19/h4-9,18,20H,10-17H2,1-3H3. The Hall–Kier alpha value is -2.31. The maximum absolute atomic E-state index is 13.0. The summed E-state index contributed by atoms with van der Waals surface area (Å²) in [5, 5.41) is 0. The van der Waals surface area contributed by atoms with Crippen molar-refractivity contribution in [2.45, 2.75) is 25.3 Å². The van der Waals surface area contributed by atoms with E-state index in [2.05, 4.69) is 21.9 Å². The number of hydrogen-bond donors (Lipinski definition) is 0. The van der Waals surface area contributed by atoms with Crippen LogP contribution in [0.25, 0.3) is 0 Å². The van der Waals surface area contributed by atoms with Gasteiger partial charge in [-0.1, -0.05) is 12.1 Å². The molecule has 1 aliphatic heterocycles. The number of likely N-dealkylation sites (tertiary alicyclic amines) is 1. The smallest absolute Gasteiger partial charge is 0.289 e. The molecule has 1 aromatic heterocycles. The summed E-state index contributed by atoms with van der Waals surface area (Å²) in [6.45, 7) is 4.66. The van der Waals surface area contributed by atoms with Crippen LogP contribution in [0.4, 0.5) is 0 Å². The number of amides is 1. The summed E-state index contributed by atoms with van der Waals surface area (Å²) in [4.78, 5) is 19.6. The fourth-order valence-electron chi connectivity index (χ4n) is 3.83. The van der Waals surface area contributed by atoms with Crippen LogP contribution in [-0.4, -0.2) is 80.6 Å². The van der Waals surface area contributed by atoms with Gasteiger partial charge in [-0.15, -0.1) is 0 Å². The van der Waals surface area contributed by atoms with E-state index in [0.717, 1.165) is 57.7 Å². The van der Waals surface area contributed by atoms with Crippen LogP contribution in [0, 0.1) is 0 Å². The van der Waals surface area contributed by atoms with Crippen LogP contribution < -0.4 is 4.74 Å². The number of piperidine rings is 1. The SMILES string of the molecule is COc1ccc(CCN2CCC(N(CCN(C)C)C(=O)c3ccco3)CC2)cc1. The molecule has 0 aliphatic carbocycles. The van der Waals surface area contributed by atoms with E-state index in [1.54, 1.807) is 25.5 Å². The van der Waals surface area contributed by atoms with Crippen molar-refractivity contribution in [3.8, 4) is 5.75 Å². The van der Waals surface area contributed by atoms with Gasteiger partial charge in [-0.3, -0.25) is 4.79 Å². The Morgan fingerprint density at radius 1 is 1.14 bits per heavy atom. The number of rotatable bonds is 9. The third kappa shape index (κ3) is 6.08. The molecule has 3 rings (SSSR count). The van der Waals surface area contributed by atoms with Crippen LogP contribution >= 0.6 is 0 Å². The lowest BCUT2D eigenvalue weighted by atomic mass is 10.0. The first-order valence-corrected chi connectivity index (χ1v) is 10.4. The lowest BCUT2D eigenvalue weighted by Gasteiger charge is -2.38. The van der Waals surface area contributed by atoms with Gasteiger partial charge in [0.1, 0.15) is 5.75 Å². The van der Waals surface area contributed by atoms with Gasteiger partial charge in [0, 0.05) is 38.8 Å². The summed E-state index contributed by atoms with van der Waals surface area (Å²) in [5.74, 6) is 1.34. The molecule has 1 amide bonds. The molecule has 0 radical (unpaired) electrons. The molecule has 0 bridgehead atoms. The van der Waals surface area contributed by atoms with Crippen molar-refractivity contribution in [2.75, 3.05) is 53.9 Å². The van der Waals surface area contributed by atoms with Gasteiger partial charge in [-0.05, 0) is 63.2 Å². The number of nitrogens with zero attached hydrogens (tertiary/aromatic N) is 3. The predicted molar refractivity (Wildman–Crippen MR) is 114 cm³/mol. The molecule has 2 aromatic rings. The van der Waals surface area contributed by atoms with Crippen LogP contribution in [0.15, 0.2) is 47.1 Å². The molecule has 0 atom stereocenters. The first-order valence-electron chi connectivity index (χ1n) is 10.4. The van der Waals surface area contributed by atoms with Crippen LogP contribution in [0.3, 0.4) is 0 Å². The van der Waals surface area contributed by atoms with Crippen molar-refractivity contribution in [3.05, 3.63) is 54.0 Å². The van der Waals surface area contributed by atoms with Crippen molar-refractivity contribution in [2.24, 2.45) is 0 Å². The van der Waals surface area contributed by atoms with Gasteiger partial charge in [-0.25, -0.2) is 0 Å². The Morgan fingerprint density at radius 3 is 2.45 bits per heavy atom. The minimum absolute atomic E-state index is 0.00790. The number of carbonyl (C=O) groups excluding carboxylic acids is 1. The Morgan fingerprint density at radius 2 is 1.86 bits per heavy atom. The summed E-state index contributed by atoms with van der Waals surface area (Å²) in [6.07, 6.45) is 4.61. The number of likely N-dealkylation sites (N-methyl/N-ethyl adjacent to an activating group) is 1. The minimum atomic E-state index is 0.00790. The Bertz CT molecular complexity index is 735. The first-order chi connectivity index (χ1) is 14.1. The second-order valence-electron chi connectivity index (χ2n) is 7.95. The molecule has 1 fully saturated rings. The van der Waals surface area contributed by atoms with E-state index in [0.29, 0.717) is 5.76 Å². The van der Waals surface area contributed by atoms with Crippen LogP contribution in [0.1, 0.15) is 29.0 Å². The Balaban J connectivity index is 1.52. The van der Waals surface area contributed by atoms with E-state index in [9.17, 15) is 4.79 Å². The summed E-state index contributed by atoms with van der Waals surface area (Å²) in [5.41, 5.74) is 1.33. The molecule has 0 unspecified atom stereocenters. The zero-order chi connectivity index (χ0) is 20.6. The molecule has 1 aliphatic rings. The normalized spacial score (nSPS) is 15.6. The number of methoxy groups -OCH3 is 1. The second kappa shape index (κ2) is 10.5. The number of ether oxygens (including phenoxy) is 1. The highest BCUT2D eigenvalue weighted by molar-refractivity contribution is 5.91. The average molecular weight is 400 g/mol. The predicted octanol–water partition coefficient (Wildman–Crippen LogP) is 3.00. The summed E-state index contributed by atoms with van der Waals surface area (Å²) in [7, 11) is 5.77. The van der Waals surface area contributed by atoms with Gasteiger partial charge in [0.2, 0.25) is 0 Å². The van der Waals surface area contributed by atoms with Gasteiger partial charge < -0.3 is 23.9 Å². The fraction of sp³-hybridized carbons (Fsp3) is 0.522. The average Bonchev–Trinajstić information content (AvgIpc) is 3.28. The Kier molecular flexibility index (Phi) is 7.72. The van der Waals surface area contributed by atoms with Gasteiger partial charge in [0.15, 0.2) is 5.76 Å². The molecule has 0 saturated carbocycles. The van der Waals surface area contributed by atoms with E-state index in [-0.39, 0.29) is 11.9 Å². The molecular weight excluding hydrogens is 366 g/mol. The lowest BCUT2D eigenvalue weighted by molar-refractivity contribution is 0.0526. The highest BCUT2D eigenvalue weighted by atomic mass is 16.5.